The van der Waals surface area contributed by atoms with Crippen LogP contribution in [0.3, 0.4) is 0 Å². The molecule has 0 saturated heterocycles. The van der Waals surface area contributed by atoms with Gasteiger partial charge in [-0.25, -0.2) is 8.42 Å². The molecular weight excluding hydrogens is 362 g/mol. The quantitative estimate of drug-likeness (QED) is 0.697. The minimum atomic E-state index is -3.62. The van der Waals surface area contributed by atoms with Crippen molar-refractivity contribution >= 4 is 31.6 Å². The van der Waals surface area contributed by atoms with E-state index in [0.717, 1.165) is 16.5 Å². The normalized spacial score (nSPS) is 11.2. The fraction of sp³-hybridized carbons (Fsp3) is 0.176. The van der Waals surface area contributed by atoms with Crippen LogP contribution in [0.4, 0.5) is 5.69 Å². The van der Waals surface area contributed by atoms with Crippen LogP contribution in [0.2, 0.25) is 0 Å². The molecule has 2 rings (SSSR count). The van der Waals surface area contributed by atoms with Gasteiger partial charge < -0.3 is 0 Å². The fourth-order valence-electron chi connectivity index (χ4n) is 2.23. The summed E-state index contributed by atoms with van der Waals surface area (Å²) >= 11 is 3.32. The summed E-state index contributed by atoms with van der Waals surface area (Å²) in [5.41, 5.74) is 1.69. The maximum absolute atomic E-state index is 13.0. The van der Waals surface area contributed by atoms with Crippen molar-refractivity contribution in [2.75, 3.05) is 10.8 Å². The average molecular weight is 380 g/mol. The minimum absolute atomic E-state index is 0.232. The Morgan fingerprint density at radius 1 is 1.14 bits per heavy atom. The topological polar surface area (TPSA) is 37.4 Å². The summed E-state index contributed by atoms with van der Waals surface area (Å²) in [7, 11) is -3.62. The lowest BCUT2D eigenvalue weighted by Crippen LogP contribution is -2.32. The molecule has 0 amide bonds. The molecule has 0 aliphatic heterocycles. The average Bonchev–Trinajstić information content (AvgIpc) is 2.53. The SMILES string of the molecule is C=CCN(c1ccccc1CC)S(=O)(=O)c1ccc(Br)cc1. The molecule has 0 aromatic heterocycles. The highest BCUT2D eigenvalue weighted by Crippen LogP contribution is 2.28. The van der Waals surface area contributed by atoms with Gasteiger partial charge in [0.2, 0.25) is 0 Å². The summed E-state index contributed by atoms with van der Waals surface area (Å²) < 4.78 is 28.2. The van der Waals surface area contributed by atoms with E-state index in [0.29, 0.717) is 5.69 Å². The van der Waals surface area contributed by atoms with E-state index in [9.17, 15) is 8.42 Å². The zero-order valence-electron chi connectivity index (χ0n) is 12.4. The summed E-state index contributed by atoms with van der Waals surface area (Å²) in [4.78, 5) is 0.267. The maximum atomic E-state index is 13.0. The molecule has 0 N–H and O–H groups in total. The summed E-state index contributed by atoms with van der Waals surface area (Å²) in [5, 5.41) is 0. The summed E-state index contributed by atoms with van der Waals surface area (Å²) in [6.07, 6.45) is 2.36. The van der Waals surface area contributed by atoms with E-state index in [-0.39, 0.29) is 11.4 Å². The first-order valence-corrected chi connectivity index (χ1v) is 9.21. The van der Waals surface area contributed by atoms with Crippen molar-refractivity contribution in [2.24, 2.45) is 0 Å². The van der Waals surface area contributed by atoms with Crippen LogP contribution in [-0.4, -0.2) is 15.0 Å². The van der Waals surface area contributed by atoms with Crippen molar-refractivity contribution in [3.63, 3.8) is 0 Å². The number of sulfonamides is 1. The maximum Gasteiger partial charge on any atom is 0.264 e. The van der Waals surface area contributed by atoms with Crippen molar-refractivity contribution in [1.29, 1.82) is 0 Å². The van der Waals surface area contributed by atoms with Gasteiger partial charge >= 0.3 is 0 Å². The van der Waals surface area contributed by atoms with Crippen LogP contribution in [0, 0.1) is 0 Å². The van der Waals surface area contributed by atoms with Gasteiger partial charge in [0.15, 0.2) is 0 Å². The standard InChI is InChI=1S/C17H18BrNO2S/c1-3-13-19(17-8-6-5-7-14(17)4-2)22(20,21)16-11-9-15(18)10-12-16/h3,5-12H,1,4,13H2,2H3. The lowest BCUT2D eigenvalue weighted by molar-refractivity contribution is 0.592. The molecule has 0 unspecified atom stereocenters. The monoisotopic (exact) mass is 379 g/mol. The first-order chi connectivity index (χ1) is 10.5. The van der Waals surface area contributed by atoms with Crippen LogP contribution in [0.15, 0.2) is 70.6 Å². The van der Waals surface area contributed by atoms with Gasteiger partial charge in [0.1, 0.15) is 0 Å². The molecule has 116 valence electrons. The van der Waals surface area contributed by atoms with E-state index in [2.05, 4.69) is 22.5 Å². The number of nitrogens with zero attached hydrogens (tertiary/aromatic N) is 1. The van der Waals surface area contributed by atoms with Gasteiger partial charge in [-0.3, -0.25) is 4.31 Å². The second kappa shape index (κ2) is 7.11. The van der Waals surface area contributed by atoms with Crippen LogP contribution in [0.5, 0.6) is 0 Å². The highest BCUT2D eigenvalue weighted by molar-refractivity contribution is 9.10. The van der Waals surface area contributed by atoms with Crippen LogP contribution in [0.1, 0.15) is 12.5 Å². The largest absolute Gasteiger partial charge is 0.264 e. The van der Waals surface area contributed by atoms with Crippen molar-refractivity contribution in [3.8, 4) is 0 Å². The predicted molar refractivity (Wildman–Crippen MR) is 94.7 cm³/mol. The summed E-state index contributed by atoms with van der Waals surface area (Å²) in [5.74, 6) is 0. The molecule has 0 spiro atoms. The van der Waals surface area contributed by atoms with Gasteiger partial charge in [-0.15, -0.1) is 6.58 Å². The third-order valence-electron chi connectivity index (χ3n) is 3.34. The minimum Gasteiger partial charge on any atom is -0.262 e. The molecule has 2 aromatic rings. The van der Waals surface area contributed by atoms with Gasteiger partial charge in [0, 0.05) is 4.47 Å². The Kier molecular flexibility index (Phi) is 5.42. The summed E-state index contributed by atoms with van der Waals surface area (Å²) in [6.45, 7) is 5.93. The Morgan fingerprint density at radius 3 is 2.36 bits per heavy atom. The Morgan fingerprint density at radius 2 is 1.77 bits per heavy atom. The van der Waals surface area contributed by atoms with E-state index >= 15 is 0 Å². The highest BCUT2D eigenvalue weighted by atomic mass is 79.9. The first kappa shape index (κ1) is 16.8. The Balaban J connectivity index is 2.55. The zero-order chi connectivity index (χ0) is 16.2. The molecule has 0 saturated carbocycles. The summed E-state index contributed by atoms with van der Waals surface area (Å²) in [6, 6.07) is 14.2. The second-order valence-electron chi connectivity index (χ2n) is 4.76. The van der Waals surface area contributed by atoms with E-state index < -0.39 is 10.0 Å². The molecule has 0 atom stereocenters. The smallest absolute Gasteiger partial charge is 0.262 e. The molecule has 22 heavy (non-hydrogen) atoms. The number of benzene rings is 2. The lowest BCUT2D eigenvalue weighted by Gasteiger charge is -2.25. The second-order valence-corrected chi connectivity index (χ2v) is 7.54. The van der Waals surface area contributed by atoms with Crippen LogP contribution >= 0.6 is 15.9 Å². The van der Waals surface area contributed by atoms with E-state index in [1.807, 2.05) is 31.2 Å². The van der Waals surface area contributed by atoms with Crippen molar-refractivity contribution in [2.45, 2.75) is 18.2 Å². The molecule has 2 aromatic carbocycles. The molecule has 0 aliphatic rings. The van der Waals surface area contributed by atoms with Gasteiger partial charge in [-0.1, -0.05) is 47.1 Å². The lowest BCUT2D eigenvalue weighted by atomic mass is 10.1. The predicted octanol–water partition coefficient (Wildman–Crippen LogP) is 4.39. The van der Waals surface area contributed by atoms with Gasteiger partial charge in [0.25, 0.3) is 10.0 Å². The van der Waals surface area contributed by atoms with Crippen molar-refractivity contribution < 1.29 is 8.42 Å². The number of para-hydroxylation sites is 1. The van der Waals surface area contributed by atoms with Crippen LogP contribution in [0.25, 0.3) is 0 Å². The fourth-order valence-corrected chi connectivity index (χ4v) is 3.97. The first-order valence-electron chi connectivity index (χ1n) is 6.97. The molecule has 0 heterocycles. The molecule has 5 heteroatoms. The Hall–Kier alpha value is -1.59. The number of hydrogen-bond donors (Lipinski definition) is 0. The number of aryl methyl sites for hydroxylation is 1. The molecule has 0 fully saturated rings. The Labute approximate surface area is 140 Å². The molecular formula is C17H18BrNO2S. The van der Waals surface area contributed by atoms with E-state index in [1.165, 1.54) is 4.31 Å². The number of rotatable bonds is 6. The number of hydrogen-bond acceptors (Lipinski definition) is 2. The molecule has 0 radical (unpaired) electrons. The number of anilines is 1. The third-order valence-corrected chi connectivity index (χ3v) is 5.66. The van der Waals surface area contributed by atoms with Gasteiger partial charge in [0.05, 0.1) is 17.1 Å². The molecule has 0 bridgehead atoms. The Bertz CT molecular complexity index is 754. The van der Waals surface area contributed by atoms with Crippen LogP contribution in [-0.2, 0) is 16.4 Å². The van der Waals surface area contributed by atoms with E-state index in [1.54, 1.807) is 30.3 Å². The highest BCUT2D eigenvalue weighted by Gasteiger charge is 2.25. The third kappa shape index (κ3) is 3.42. The van der Waals surface area contributed by atoms with Crippen LogP contribution < -0.4 is 4.31 Å². The molecule has 0 aliphatic carbocycles. The molecule has 3 nitrogen and oxygen atoms in total. The zero-order valence-corrected chi connectivity index (χ0v) is 14.8. The number of halogens is 1. The van der Waals surface area contributed by atoms with Crippen molar-refractivity contribution in [3.05, 3.63) is 71.2 Å². The van der Waals surface area contributed by atoms with Gasteiger partial charge in [-0.2, -0.15) is 0 Å². The van der Waals surface area contributed by atoms with Gasteiger partial charge in [-0.05, 0) is 42.3 Å². The van der Waals surface area contributed by atoms with E-state index in [4.69, 9.17) is 0 Å². The van der Waals surface area contributed by atoms with Crippen molar-refractivity contribution in [1.82, 2.24) is 0 Å².